The molecule has 3 N–H and O–H groups in total. The van der Waals surface area contributed by atoms with Gasteiger partial charge in [0.05, 0.1) is 26.1 Å². The van der Waals surface area contributed by atoms with E-state index in [0.717, 1.165) is 38.5 Å². The van der Waals surface area contributed by atoms with Crippen LogP contribution in [0.5, 0.6) is 0 Å². The summed E-state index contributed by atoms with van der Waals surface area (Å²) in [5.41, 5.74) is 0. The quantitative estimate of drug-likeness (QED) is 0.0183. The first kappa shape index (κ1) is 50.8. The van der Waals surface area contributed by atoms with Crippen LogP contribution < -0.4 is 0 Å². The van der Waals surface area contributed by atoms with E-state index in [2.05, 4.69) is 26.0 Å². The Morgan fingerprint density at radius 3 is 1.44 bits per heavy atom. The molecule has 308 valence electrons. The molecule has 9 nitrogen and oxygen atoms in total. The standard InChI is InChI=1S/C42H81O9P/c1-3-5-7-9-11-13-15-17-19-20-21-22-24-26-28-30-32-34-42(45)51-41(39-50-52(46,47)49-37-40(44)36-43)38-48-35-33-31-29-27-25-23-18-16-14-12-10-8-6-4-2/h17,19,33,35,40-41,43-44H,3-16,18,20-32,34,36-39H2,1-2H3,(H,46,47)/b19-17-,35-33-/t40-,41+/m0/s1. The van der Waals surface area contributed by atoms with E-state index in [9.17, 15) is 19.4 Å². The molecule has 0 aliphatic carbocycles. The molecule has 0 aromatic heterocycles. The predicted molar refractivity (Wildman–Crippen MR) is 214 cm³/mol. The second-order valence-electron chi connectivity index (χ2n) is 14.4. The predicted octanol–water partition coefficient (Wildman–Crippen LogP) is 11.8. The van der Waals surface area contributed by atoms with Crippen LogP contribution in [0.1, 0.15) is 200 Å². The van der Waals surface area contributed by atoms with Crippen LogP contribution in [0.4, 0.5) is 0 Å². The fraction of sp³-hybridized carbons (Fsp3) is 0.881. The molecule has 0 aromatic carbocycles. The number of phosphoric ester groups is 1. The van der Waals surface area contributed by atoms with E-state index in [1.54, 1.807) is 6.26 Å². The summed E-state index contributed by atoms with van der Waals surface area (Å²) in [7, 11) is -4.53. The molecule has 3 atom stereocenters. The van der Waals surface area contributed by atoms with Crippen molar-refractivity contribution in [2.75, 3.05) is 26.4 Å². The fourth-order valence-electron chi connectivity index (χ4n) is 5.90. The van der Waals surface area contributed by atoms with Crippen molar-refractivity contribution in [2.24, 2.45) is 0 Å². The van der Waals surface area contributed by atoms with Crippen molar-refractivity contribution < 1.29 is 43.0 Å². The van der Waals surface area contributed by atoms with E-state index >= 15 is 0 Å². The van der Waals surface area contributed by atoms with Gasteiger partial charge >= 0.3 is 13.8 Å². The summed E-state index contributed by atoms with van der Waals surface area (Å²) >= 11 is 0. The highest BCUT2D eigenvalue weighted by atomic mass is 31.2. The lowest BCUT2D eigenvalue weighted by Crippen LogP contribution is -2.28. The van der Waals surface area contributed by atoms with Crippen LogP contribution in [-0.2, 0) is 27.9 Å². The lowest BCUT2D eigenvalue weighted by Gasteiger charge is -2.20. The van der Waals surface area contributed by atoms with Crippen LogP contribution in [0, 0.1) is 0 Å². The summed E-state index contributed by atoms with van der Waals surface area (Å²) < 4.78 is 33.1. The number of hydrogen-bond acceptors (Lipinski definition) is 8. The molecule has 0 rings (SSSR count). The molecule has 0 heterocycles. The van der Waals surface area contributed by atoms with Crippen LogP contribution in [0.15, 0.2) is 24.5 Å². The van der Waals surface area contributed by atoms with Crippen LogP contribution in [0.3, 0.4) is 0 Å². The number of esters is 1. The summed E-state index contributed by atoms with van der Waals surface area (Å²) in [4.78, 5) is 22.5. The van der Waals surface area contributed by atoms with Gasteiger partial charge in [-0.2, -0.15) is 0 Å². The summed E-state index contributed by atoms with van der Waals surface area (Å²) in [6.45, 7) is 2.89. The summed E-state index contributed by atoms with van der Waals surface area (Å²) in [6.07, 6.45) is 40.8. The Hall–Kier alpha value is -1.22. The molecular weight excluding hydrogens is 679 g/mol. The second-order valence-corrected chi connectivity index (χ2v) is 15.9. The Morgan fingerprint density at radius 2 is 0.981 bits per heavy atom. The number of carbonyl (C=O) groups excluding carboxylic acids is 1. The number of aliphatic hydroxyl groups is 2. The molecule has 0 aliphatic heterocycles. The molecule has 0 amide bonds. The Balaban J connectivity index is 4.22. The van der Waals surface area contributed by atoms with Gasteiger partial charge in [-0.3, -0.25) is 13.8 Å². The maximum absolute atomic E-state index is 12.6. The van der Waals surface area contributed by atoms with Gasteiger partial charge < -0.3 is 24.6 Å². The Bertz CT molecular complexity index is 866. The minimum absolute atomic E-state index is 0.0335. The number of rotatable bonds is 41. The highest BCUT2D eigenvalue weighted by Gasteiger charge is 2.26. The van der Waals surface area contributed by atoms with Crippen molar-refractivity contribution in [1.82, 2.24) is 0 Å². The van der Waals surface area contributed by atoms with Crippen molar-refractivity contribution in [3.8, 4) is 0 Å². The zero-order chi connectivity index (χ0) is 38.2. The van der Waals surface area contributed by atoms with Crippen molar-refractivity contribution >= 4 is 13.8 Å². The third-order valence-corrected chi connectivity index (χ3v) is 10.2. The third-order valence-electron chi connectivity index (χ3n) is 9.20. The first-order valence-electron chi connectivity index (χ1n) is 21.4. The van der Waals surface area contributed by atoms with Gasteiger partial charge in [0.1, 0.15) is 12.7 Å². The molecule has 0 aromatic rings. The van der Waals surface area contributed by atoms with E-state index in [1.165, 1.54) is 135 Å². The average molecular weight is 761 g/mol. The third kappa shape index (κ3) is 38.5. The fourth-order valence-corrected chi connectivity index (χ4v) is 6.69. The molecule has 10 heteroatoms. The smallest absolute Gasteiger partial charge is 0.472 e. The van der Waals surface area contributed by atoms with Crippen LogP contribution >= 0.6 is 7.82 Å². The molecule has 0 saturated carbocycles. The number of allylic oxidation sites excluding steroid dienone is 3. The summed E-state index contributed by atoms with van der Waals surface area (Å²) in [5, 5.41) is 18.3. The van der Waals surface area contributed by atoms with E-state index in [1.807, 2.05) is 6.08 Å². The van der Waals surface area contributed by atoms with Gasteiger partial charge in [-0.1, -0.05) is 161 Å². The van der Waals surface area contributed by atoms with Gasteiger partial charge in [-0.05, 0) is 51.0 Å². The van der Waals surface area contributed by atoms with E-state index in [-0.39, 0.29) is 13.0 Å². The maximum Gasteiger partial charge on any atom is 0.472 e. The zero-order valence-electron chi connectivity index (χ0n) is 33.5. The second kappa shape index (κ2) is 39.5. The van der Waals surface area contributed by atoms with Gasteiger partial charge in [-0.25, -0.2) is 4.57 Å². The maximum atomic E-state index is 12.6. The summed E-state index contributed by atoms with van der Waals surface area (Å²) in [6, 6.07) is 0. The molecule has 0 fully saturated rings. The number of carbonyl (C=O) groups is 1. The van der Waals surface area contributed by atoms with Gasteiger partial charge in [0.15, 0.2) is 6.10 Å². The first-order valence-corrected chi connectivity index (χ1v) is 22.9. The van der Waals surface area contributed by atoms with E-state index in [0.29, 0.717) is 6.42 Å². The zero-order valence-corrected chi connectivity index (χ0v) is 34.4. The molecule has 0 saturated heterocycles. The first-order chi connectivity index (χ1) is 25.3. The van der Waals surface area contributed by atoms with E-state index in [4.69, 9.17) is 23.6 Å². The molecular formula is C42H81O9P. The van der Waals surface area contributed by atoms with Crippen LogP contribution in [0.2, 0.25) is 0 Å². The van der Waals surface area contributed by atoms with Crippen molar-refractivity contribution in [3.63, 3.8) is 0 Å². The molecule has 0 aliphatic rings. The molecule has 0 spiro atoms. The highest BCUT2D eigenvalue weighted by molar-refractivity contribution is 7.47. The number of hydrogen-bond donors (Lipinski definition) is 3. The monoisotopic (exact) mass is 761 g/mol. The Kier molecular flexibility index (Phi) is 38.5. The number of aliphatic hydroxyl groups excluding tert-OH is 2. The SMILES string of the molecule is CCCCCCCC/C=C\CCCCCCCCCC(=O)O[C@H](CO/C=C\CCCCCCCCCCCCCC)COP(=O)(O)OC[C@@H](O)CO. The number of ether oxygens (including phenoxy) is 2. The number of phosphoric acid groups is 1. The minimum Gasteiger partial charge on any atom is -0.498 e. The molecule has 0 bridgehead atoms. The normalized spacial score (nSPS) is 14.2. The Labute approximate surface area is 319 Å². The van der Waals surface area contributed by atoms with Gasteiger partial charge in [0.25, 0.3) is 0 Å². The van der Waals surface area contributed by atoms with E-state index < -0.39 is 45.8 Å². The highest BCUT2D eigenvalue weighted by Crippen LogP contribution is 2.43. The Morgan fingerprint density at radius 1 is 0.577 bits per heavy atom. The lowest BCUT2D eigenvalue weighted by molar-refractivity contribution is -0.153. The summed E-state index contributed by atoms with van der Waals surface area (Å²) in [5.74, 6) is -0.408. The van der Waals surface area contributed by atoms with Gasteiger partial charge in [-0.15, -0.1) is 0 Å². The van der Waals surface area contributed by atoms with Gasteiger partial charge in [0, 0.05) is 6.42 Å². The van der Waals surface area contributed by atoms with Crippen LogP contribution in [-0.4, -0.2) is 59.7 Å². The minimum atomic E-state index is -4.53. The molecule has 52 heavy (non-hydrogen) atoms. The molecule has 1 unspecified atom stereocenters. The average Bonchev–Trinajstić information content (AvgIpc) is 3.13. The topological polar surface area (TPSA) is 132 Å². The lowest BCUT2D eigenvalue weighted by atomic mass is 10.0. The van der Waals surface area contributed by atoms with Crippen molar-refractivity contribution in [3.05, 3.63) is 24.5 Å². The molecule has 0 radical (unpaired) electrons. The van der Waals surface area contributed by atoms with Crippen LogP contribution in [0.25, 0.3) is 0 Å². The van der Waals surface area contributed by atoms with Crippen molar-refractivity contribution in [1.29, 1.82) is 0 Å². The van der Waals surface area contributed by atoms with Crippen molar-refractivity contribution in [2.45, 2.75) is 212 Å². The van der Waals surface area contributed by atoms with Gasteiger partial charge in [0.2, 0.25) is 0 Å². The number of unbranched alkanes of at least 4 members (excludes halogenated alkanes) is 25. The largest absolute Gasteiger partial charge is 0.498 e.